The summed E-state index contributed by atoms with van der Waals surface area (Å²) in [6, 6.07) is 25.9. The number of nitriles is 1. The van der Waals surface area contributed by atoms with Gasteiger partial charge in [0.25, 0.3) is 0 Å². The van der Waals surface area contributed by atoms with Crippen molar-refractivity contribution in [2.24, 2.45) is 5.73 Å². The van der Waals surface area contributed by atoms with Crippen LogP contribution in [0, 0.1) is 11.3 Å². The molecule has 0 saturated heterocycles. The molecular formula is C29H23N5O4. The predicted molar refractivity (Wildman–Crippen MR) is 141 cm³/mol. The molecule has 3 N–H and O–H groups in total. The summed E-state index contributed by atoms with van der Waals surface area (Å²) in [7, 11) is 2.42. The SMILES string of the molecule is COC(=O)C1=C(C(=O)OC)N(c2cccc3[nH]c(-c4ccccc4)nc23)C(N)=C(C#N)C1c1ccccc1. The number of nitrogens with two attached hydrogens (primary N) is 1. The topological polar surface area (TPSA) is 134 Å². The summed E-state index contributed by atoms with van der Waals surface area (Å²) < 4.78 is 10.2. The second-order valence-electron chi connectivity index (χ2n) is 8.46. The second-order valence-corrected chi connectivity index (χ2v) is 8.46. The Bertz CT molecular complexity index is 1650. The van der Waals surface area contributed by atoms with E-state index in [4.69, 9.17) is 20.2 Å². The van der Waals surface area contributed by atoms with Crippen molar-refractivity contribution < 1.29 is 19.1 Å². The Morgan fingerprint density at radius 1 is 0.947 bits per heavy atom. The number of fused-ring (bicyclic) bond motifs is 1. The van der Waals surface area contributed by atoms with Crippen molar-refractivity contribution in [2.45, 2.75) is 5.92 Å². The Kier molecular flexibility index (Phi) is 6.37. The highest BCUT2D eigenvalue weighted by atomic mass is 16.5. The molecule has 4 aromatic rings. The lowest BCUT2D eigenvalue weighted by Gasteiger charge is -2.35. The summed E-state index contributed by atoms with van der Waals surface area (Å²) in [6.45, 7) is 0. The number of anilines is 1. The number of nitrogens with zero attached hydrogens (tertiary/aromatic N) is 3. The van der Waals surface area contributed by atoms with E-state index in [0.717, 1.165) is 5.56 Å². The van der Waals surface area contributed by atoms with Gasteiger partial charge in [-0.05, 0) is 17.7 Å². The number of imidazole rings is 1. The molecule has 1 unspecified atom stereocenters. The number of allylic oxidation sites excluding steroid dienone is 1. The molecule has 0 saturated carbocycles. The van der Waals surface area contributed by atoms with E-state index in [2.05, 4.69) is 11.1 Å². The lowest BCUT2D eigenvalue weighted by molar-refractivity contribution is -0.139. The first-order valence-electron chi connectivity index (χ1n) is 11.7. The Morgan fingerprint density at radius 2 is 1.61 bits per heavy atom. The fourth-order valence-corrected chi connectivity index (χ4v) is 4.69. The molecule has 3 aromatic carbocycles. The minimum atomic E-state index is -0.947. The van der Waals surface area contributed by atoms with Crippen molar-refractivity contribution >= 4 is 28.7 Å². The summed E-state index contributed by atoms with van der Waals surface area (Å²) in [4.78, 5) is 36.0. The smallest absolute Gasteiger partial charge is 0.355 e. The number of aromatic amines is 1. The quantitative estimate of drug-likeness (QED) is 0.387. The molecule has 0 amide bonds. The lowest BCUT2D eigenvalue weighted by Crippen LogP contribution is -2.40. The number of carbonyl (C=O) groups is 2. The number of H-pyrrole nitrogens is 1. The van der Waals surface area contributed by atoms with Crippen molar-refractivity contribution in [3.05, 3.63) is 107 Å². The molecule has 1 aromatic heterocycles. The number of benzene rings is 3. The number of carbonyl (C=O) groups excluding carboxylic acids is 2. The number of hydrogen-bond donors (Lipinski definition) is 2. The van der Waals surface area contributed by atoms with E-state index in [1.165, 1.54) is 19.1 Å². The van der Waals surface area contributed by atoms with Gasteiger partial charge in [0, 0.05) is 5.56 Å². The van der Waals surface area contributed by atoms with Gasteiger partial charge in [-0.1, -0.05) is 66.7 Å². The van der Waals surface area contributed by atoms with E-state index in [1.54, 1.807) is 36.4 Å². The van der Waals surface area contributed by atoms with E-state index >= 15 is 0 Å². The molecular weight excluding hydrogens is 482 g/mol. The molecule has 0 radical (unpaired) electrons. The summed E-state index contributed by atoms with van der Waals surface area (Å²) in [5.41, 5.74) is 9.50. The average molecular weight is 506 g/mol. The first kappa shape index (κ1) is 24.3. The first-order chi connectivity index (χ1) is 18.5. The maximum Gasteiger partial charge on any atom is 0.355 e. The second kappa shape index (κ2) is 9.95. The molecule has 1 atom stereocenters. The van der Waals surface area contributed by atoms with Crippen molar-refractivity contribution in [2.75, 3.05) is 19.1 Å². The third kappa shape index (κ3) is 3.94. The maximum absolute atomic E-state index is 13.3. The summed E-state index contributed by atoms with van der Waals surface area (Å²) in [5.74, 6) is -1.97. The van der Waals surface area contributed by atoms with Gasteiger partial charge in [0.1, 0.15) is 22.9 Å². The number of methoxy groups -OCH3 is 2. The molecule has 5 rings (SSSR count). The normalized spacial score (nSPS) is 15.4. The number of aromatic nitrogens is 2. The van der Waals surface area contributed by atoms with Crippen LogP contribution in [0.25, 0.3) is 22.4 Å². The van der Waals surface area contributed by atoms with Gasteiger partial charge in [-0.15, -0.1) is 0 Å². The zero-order valence-electron chi connectivity index (χ0n) is 20.6. The van der Waals surface area contributed by atoms with Gasteiger partial charge in [-0.25, -0.2) is 14.6 Å². The van der Waals surface area contributed by atoms with E-state index in [-0.39, 0.29) is 22.7 Å². The van der Waals surface area contributed by atoms with Crippen LogP contribution in [0.3, 0.4) is 0 Å². The number of para-hydroxylation sites is 1. The fourth-order valence-electron chi connectivity index (χ4n) is 4.69. The van der Waals surface area contributed by atoms with Crippen LogP contribution in [-0.4, -0.2) is 36.1 Å². The molecule has 0 aliphatic carbocycles. The van der Waals surface area contributed by atoms with Crippen LogP contribution < -0.4 is 10.6 Å². The van der Waals surface area contributed by atoms with Gasteiger partial charge in [0.2, 0.25) is 0 Å². The fraction of sp³-hybridized carbons (Fsp3) is 0.103. The Balaban J connectivity index is 1.82. The molecule has 9 nitrogen and oxygen atoms in total. The maximum atomic E-state index is 13.3. The van der Waals surface area contributed by atoms with Crippen molar-refractivity contribution in [3.63, 3.8) is 0 Å². The monoisotopic (exact) mass is 505 g/mol. The van der Waals surface area contributed by atoms with Crippen LogP contribution in [-0.2, 0) is 19.1 Å². The standard InChI is InChI=1S/C29H23N5O4/c1-37-28(35)23-22(17-10-5-3-6-11-17)19(16-30)26(31)34(25(23)29(36)38-2)21-15-9-14-20-24(21)33-27(32-20)18-12-7-4-8-13-18/h3-15,22H,31H2,1-2H3,(H,32,33). The highest BCUT2D eigenvalue weighted by Crippen LogP contribution is 2.44. The molecule has 1 aliphatic heterocycles. The summed E-state index contributed by atoms with van der Waals surface area (Å²) >= 11 is 0. The van der Waals surface area contributed by atoms with E-state index < -0.39 is 17.9 Å². The zero-order chi connectivity index (χ0) is 26.8. The molecule has 0 fully saturated rings. The number of esters is 2. The van der Waals surface area contributed by atoms with Gasteiger partial charge < -0.3 is 20.2 Å². The zero-order valence-corrected chi connectivity index (χ0v) is 20.6. The van der Waals surface area contributed by atoms with E-state index in [9.17, 15) is 14.9 Å². The molecule has 0 spiro atoms. The Hall–Kier alpha value is -5.36. The van der Waals surface area contributed by atoms with Gasteiger partial charge in [-0.2, -0.15) is 5.26 Å². The highest BCUT2D eigenvalue weighted by molar-refractivity contribution is 6.08. The van der Waals surface area contributed by atoms with E-state index in [1.807, 2.05) is 42.5 Å². The van der Waals surface area contributed by atoms with Gasteiger partial charge in [0.15, 0.2) is 0 Å². The minimum Gasteiger partial charge on any atom is -0.466 e. The van der Waals surface area contributed by atoms with Crippen LogP contribution in [0.1, 0.15) is 11.5 Å². The summed E-state index contributed by atoms with van der Waals surface area (Å²) in [5, 5.41) is 10.3. The summed E-state index contributed by atoms with van der Waals surface area (Å²) in [6.07, 6.45) is 0. The first-order valence-corrected chi connectivity index (χ1v) is 11.7. The van der Waals surface area contributed by atoms with Crippen molar-refractivity contribution in [3.8, 4) is 17.5 Å². The molecule has 9 heteroatoms. The number of ether oxygens (including phenoxy) is 2. The van der Waals surface area contributed by atoms with Crippen molar-refractivity contribution in [1.29, 1.82) is 5.26 Å². The van der Waals surface area contributed by atoms with Crippen LogP contribution >= 0.6 is 0 Å². The lowest BCUT2D eigenvalue weighted by atomic mass is 9.81. The number of nitrogens with one attached hydrogen (secondary N) is 1. The number of hydrogen-bond acceptors (Lipinski definition) is 8. The van der Waals surface area contributed by atoms with Gasteiger partial charge in [0.05, 0.1) is 48.6 Å². The molecule has 188 valence electrons. The van der Waals surface area contributed by atoms with Gasteiger partial charge in [-0.3, -0.25) is 4.90 Å². The Labute approximate surface area is 218 Å². The minimum absolute atomic E-state index is 0.0221. The third-order valence-corrected chi connectivity index (χ3v) is 6.39. The Morgan fingerprint density at radius 3 is 2.24 bits per heavy atom. The third-order valence-electron chi connectivity index (χ3n) is 6.39. The van der Waals surface area contributed by atoms with E-state index in [0.29, 0.717) is 28.1 Å². The van der Waals surface area contributed by atoms with Crippen LogP contribution in [0.5, 0.6) is 0 Å². The molecule has 2 heterocycles. The van der Waals surface area contributed by atoms with Crippen LogP contribution in [0.15, 0.2) is 102 Å². The average Bonchev–Trinajstić information content (AvgIpc) is 3.41. The van der Waals surface area contributed by atoms with Crippen LogP contribution in [0.2, 0.25) is 0 Å². The van der Waals surface area contributed by atoms with Crippen molar-refractivity contribution in [1.82, 2.24) is 9.97 Å². The predicted octanol–water partition coefficient (Wildman–Crippen LogP) is 4.13. The molecule has 38 heavy (non-hydrogen) atoms. The molecule has 0 bridgehead atoms. The van der Waals surface area contributed by atoms with Gasteiger partial charge >= 0.3 is 11.9 Å². The van der Waals surface area contributed by atoms with Crippen LogP contribution in [0.4, 0.5) is 5.69 Å². The number of rotatable bonds is 5. The molecule has 1 aliphatic rings. The highest BCUT2D eigenvalue weighted by Gasteiger charge is 2.43. The largest absolute Gasteiger partial charge is 0.466 e.